The minimum atomic E-state index is 0.0157. The van der Waals surface area contributed by atoms with Gasteiger partial charge in [0.2, 0.25) is 0 Å². The molecular formula is C18H22ClN2O+. The number of likely N-dealkylation sites (N-methyl/N-ethyl adjacent to an activating group) is 1. The zero-order valence-corrected chi connectivity index (χ0v) is 14.0. The third-order valence-electron chi connectivity index (χ3n) is 3.66. The Morgan fingerprint density at radius 2 is 1.73 bits per heavy atom. The molecular weight excluding hydrogens is 296 g/mol. The maximum atomic E-state index is 12.2. The van der Waals surface area contributed by atoms with Crippen LogP contribution in [-0.4, -0.2) is 19.5 Å². The lowest BCUT2D eigenvalue weighted by atomic mass is 10.1. The summed E-state index contributed by atoms with van der Waals surface area (Å²) in [6, 6.07) is 13.7. The number of anilines is 1. The lowest BCUT2D eigenvalue weighted by Crippen LogP contribution is -3.08. The van der Waals surface area contributed by atoms with Crippen molar-refractivity contribution in [2.75, 3.05) is 18.9 Å². The molecule has 2 rings (SSSR count). The second-order valence-corrected chi connectivity index (χ2v) is 6.12. The van der Waals surface area contributed by atoms with Crippen LogP contribution in [0.1, 0.15) is 16.7 Å². The first-order valence-corrected chi connectivity index (χ1v) is 7.76. The van der Waals surface area contributed by atoms with Crippen LogP contribution in [0.15, 0.2) is 42.5 Å². The zero-order chi connectivity index (χ0) is 16.1. The third kappa shape index (κ3) is 4.33. The molecule has 0 radical (unpaired) electrons. The smallest absolute Gasteiger partial charge is 0.279 e. The van der Waals surface area contributed by atoms with Crippen molar-refractivity contribution in [1.29, 1.82) is 0 Å². The molecule has 0 bridgehead atoms. The SMILES string of the molecule is Cc1cccc(C)c1NC(=O)C[NH+](C)Cc1ccccc1Cl. The molecule has 4 heteroatoms. The molecule has 1 atom stereocenters. The number of benzene rings is 2. The lowest BCUT2D eigenvalue weighted by molar-refractivity contribution is -0.885. The van der Waals surface area contributed by atoms with Gasteiger partial charge in [0, 0.05) is 16.3 Å². The first-order valence-electron chi connectivity index (χ1n) is 7.38. The molecule has 0 aliphatic carbocycles. The van der Waals surface area contributed by atoms with E-state index in [4.69, 9.17) is 11.6 Å². The number of hydrogen-bond donors (Lipinski definition) is 2. The molecule has 2 N–H and O–H groups in total. The Morgan fingerprint density at radius 1 is 1.09 bits per heavy atom. The Labute approximate surface area is 136 Å². The van der Waals surface area contributed by atoms with Gasteiger partial charge in [-0.25, -0.2) is 0 Å². The summed E-state index contributed by atoms with van der Waals surface area (Å²) >= 11 is 6.16. The molecule has 2 aromatic carbocycles. The van der Waals surface area contributed by atoms with Gasteiger partial charge in [-0.05, 0) is 31.0 Å². The molecule has 3 nitrogen and oxygen atoms in total. The van der Waals surface area contributed by atoms with Crippen LogP contribution in [0.3, 0.4) is 0 Å². The predicted molar refractivity (Wildman–Crippen MR) is 91.5 cm³/mol. The van der Waals surface area contributed by atoms with E-state index in [2.05, 4.69) is 5.32 Å². The Morgan fingerprint density at radius 3 is 2.36 bits per heavy atom. The molecule has 0 aromatic heterocycles. The van der Waals surface area contributed by atoms with Gasteiger partial charge in [-0.1, -0.05) is 48.0 Å². The number of amides is 1. The van der Waals surface area contributed by atoms with Gasteiger partial charge >= 0.3 is 0 Å². The summed E-state index contributed by atoms with van der Waals surface area (Å²) in [5.41, 5.74) is 4.13. The fourth-order valence-electron chi connectivity index (χ4n) is 2.50. The van der Waals surface area contributed by atoms with Crippen LogP contribution in [0.25, 0.3) is 0 Å². The van der Waals surface area contributed by atoms with Gasteiger partial charge in [-0.15, -0.1) is 0 Å². The lowest BCUT2D eigenvalue weighted by Gasteiger charge is -2.16. The van der Waals surface area contributed by atoms with E-state index < -0.39 is 0 Å². The average molecular weight is 318 g/mol. The molecule has 2 aromatic rings. The van der Waals surface area contributed by atoms with Crippen LogP contribution in [0.4, 0.5) is 5.69 Å². The van der Waals surface area contributed by atoms with Gasteiger partial charge in [0.15, 0.2) is 6.54 Å². The van der Waals surface area contributed by atoms with E-state index in [1.807, 2.05) is 63.4 Å². The van der Waals surface area contributed by atoms with Crippen LogP contribution >= 0.6 is 11.6 Å². The first kappa shape index (κ1) is 16.5. The molecule has 1 amide bonds. The summed E-state index contributed by atoms with van der Waals surface area (Å²) < 4.78 is 0. The number of quaternary nitrogens is 1. The van der Waals surface area contributed by atoms with Crippen LogP contribution < -0.4 is 10.2 Å². The number of rotatable bonds is 5. The topological polar surface area (TPSA) is 33.5 Å². The molecule has 0 saturated carbocycles. The van der Waals surface area contributed by atoms with E-state index in [0.717, 1.165) is 38.8 Å². The summed E-state index contributed by atoms with van der Waals surface area (Å²) in [7, 11) is 1.99. The van der Waals surface area contributed by atoms with E-state index in [1.165, 1.54) is 0 Å². The van der Waals surface area contributed by atoms with Gasteiger partial charge < -0.3 is 10.2 Å². The van der Waals surface area contributed by atoms with Crippen molar-refractivity contribution in [2.45, 2.75) is 20.4 Å². The van der Waals surface area contributed by atoms with E-state index in [-0.39, 0.29) is 5.91 Å². The molecule has 0 aliphatic heterocycles. The Kier molecular flexibility index (Phi) is 5.58. The van der Waals surface area contributed by atoms with Gasteiger partial charge in [0.1, 0.15) is 6.54 Å². The van der Waals surface area contributed by atoms with Crippen molar-refractivity contribution in [1.82, 2.24) is 0 Å². The number of nitrogens with one attached hydrogen (secondary N) is 2. The highest BCUT2D eigenvalue weighted by molar-refractivity contribution is 6.31. The highest BCUT2D eigenvalue weighted by Crippen LogP contribution is 2.19. The van der Waals surface area contributed by atoms with Crippen molar-refractivity contribution in [2.24, 2.45) is 0 Å². The first-order chi connectivity index (χ1) is 10.5. The molecule has 0 heterocycles. The van der Waals surface area contributed by atoms with Gasteiger partial charge in [0.25, 0.3) is 5.91 Å². The van der Waals surface area contributed by atoms with E-state index >= 15 is 0 Å². The minimum Gasteiger partial charge on any atom is -0.326 e. The van der Waals surface area contributed by atoms with Gasteiger partial charge in [-0.3, -0.25) is 4.79 Å². The van der Waals surface area contributed by atoms with Gasteiger partial charge in [0.05, 0.1) is 7.05 Å². The summed E-state index contributed by atoms with van der Waals surface area (Å²) in [5.74, 6) is 0.0157. The third-order valence-corrected chi connectivity index (χ3v) is 4.03. The second-order valence-electron chi connectivity index (χ2n) is 5.72. The number of carbonyl (C=O) groups excluding carboxylic acids is 1. The summed E-state index contributed by atoms with van der Waals surface area (Å²) in [6.07, 6.45) is 0. The van der Waals surface area contributed by atoms with Crippen LogP contribution in [0, 0.1) is 13.8 Å². The largest absolute Gasteiger partial charge is 0.326 e. The normalized spacial score (nSPS) is 12.0. The number of hydrogen-bond acceptors (Lipinski definition) is 1. The molecule has 0 spiro atoms. The molecule has 0 saturated heterocycles. The van der Waals surface area contributed by atoms with Crippen LogP contribution in [0.5, 0.6) is 0 Å². The maximum absolute atomic E-state index is 12.2. The highest BCUT2D eigenvalue weighted by atomic mass is 35.5. The monoisotopic (exact) mass is 317 g/mol. The zero-order valence-electron chi connectivity index (χ0n) is 13.2. The number of carbonyl (C=O) groups is 1. The summed E-state index contributed by atoms with van der Waals surface area (Å²) in [5, 5.41) is 3.76. The number of para-hydroxylation sites is 1. The molecule has 0 fully saturated rings. The second kappa shape index (κ2) is 7.43. The Balaban J connectivity index is 1.96. The molecule has 116 valence electrons. The molecule has 0 aliphatic rings. The highest BCUT2D eigenvalue weighted by Gasteiger charge is 2.14. The summed E-state index contributed by atoms with van der Waals surface area (Å²) in [6.45, 7) is 5.13. The quantitative estimate of drug-likeness (QED) is 0.873. The maximum Gasteiger partial charge on any atom is 0.279 e. The number of aryl methyl sites for hydroxylation is 2. The van der Waals surface area contributed by atoms with Crippen molar-refractivity contribution in [3.8, 4) is 0 Å². The number of halogens is 1. The van der Waals surface area contributed by atoms with E-state index in [0.29, 0.717) is 6.54 Å². The van der Waals surface area contributed by atoms with Gasteiger partial charge in [-0.2, -0.15) is 0 Å². The Bertz CT molecular complexity index is 650. The molecule has 1 unspecified atom stereocenters. The summed E-state index contributed by atoms with van der Waals surface area (Å²) in [4.78, 5) is 13.3. The van der Waals surface area contributed by atoms with Crippen molar-refractivity contribution < 1.29 is 9.69 Å². The predicted octanol–water partition coefficient (Wildman–Crippen LogP) is 2.61. The fraction of sp³-hybridized carbons (Fsp3) is 0.278. The molecule has 22 heavy (non-hydrogen) atoms. The van der Waals surface area contributed by atoms with Crippen molar-refractivity contribution >= 4 is 23.2 Å². The standard InChI is InChI=1S/C18H21ClN2O/c1-13-7-6-8-14(2)18(13)20-17(22)12-21(3)11-15-9-4-5-10-16(15)19/h4-10H,11-12H2,1-3H3,(H,20,22)/p+1. The minimum absolute atomic E-state index is 0.0157. The van der Waals surface area contributed by atoms with Crippen molar-refractivity contribution in [3.63, 3.8) is 0 Å². The Hall–Kier alpha value is -1.84. The van der Waals surface area contributed by atoms with E-state index in [9.17, 15) is 4.79 Å². The fourth-order valence-corrected chi connectivity index (χ4v) is 2.70. The van der Waals surface area contributed by atoms with Crippen molar-refractivity contribution in [3.05, 3.63) is 64.2 Å². The van der Waals surface area contributed by atoms with Crippen LogP contribution in [0.2, 0.25) is 5.02 Å². The average Bonchev–Trinajstić information content (AvgIpc) is 2.45. The van der Waals surface area contributed by atoms with Crippen LogP contribution in [-0.2, 0) is 11.3 Å². The van der Waals surface area contributed by atoms with E-state index in [1.54, 1.807) is 0 Å².